The summed E-state index contributed by atoms with van der Waals surface area (Å²) in [5.41, 5.74) is 6.01. The average molecular weight is 268 g/mol. The van der Waals surface area contributed by atoms with E-state index in [9.17, 15) is 0 Å². The van der Waals surface area contributed by atoms with E-state index in [0.29, 0.717) is 6.04 Å². The van der Waals surface area contributed by atoms with Crippen molar-refractivity contribution in [3.63, 3.8) is 0 Å². The Morgan fingerprint density at radius 2 is 1.53 bits per heavy atom. The Labute approximate surface area is 120 Å². The Hall–Kier alpha value is -0.0800. The highest BCUT2D eigenvalue weighted by Crippen LogP contribution is 2.30. The summed E-state index contributed by atoms with van der Waals surface area (Å²) in [6, 6.07) is 0.535. The molecule has 0 radical (unpaired) electrons. The fourth-order valence-corrected chi connectivity index (χ4v) is 3.66. The molecule has 0 spiro atoms. The van der Waals surface area contributed by atoms with Crippen LogP contribution in [0.3, 0.4) is 0 Å². The zero-order chi connectivity index (χ0) is 14.4. The van der Waals surface area contributed by atoms with E-state index in [-0.39, 0.29) is 0 Å². The molecule has 0 bridgehead atoms. The molecule has 2 heteroatoms. The van der Waals surface area contributed by atoms with Crippen molar-refractivity contribution in [2.24, 2.45) is 35.3 Å². The van der Waals surface area contributed by atoms with Crippen LogP contribution in [0.5, 0.6) is 0 Å². The van der Waals surface area contributed by atoms with Gasteiger partial charge in [0.25, 0.3) is 0 Å². The minimum Gasteiger partial charge on any atom is -0.329 e. The summed E-state index contributed by atoms with van der Waals surface area (Å²) in [6.07, 6.45) is 5.51. The predicted molar refractivity (Wildman–Crippen MR) is 85.1 cm³/mol. The highest BCUT2D eigenvalue weighted by Gasteiger charge is 2.26. The van der Waals surface area contributed by atoms with Crippen LogP contribution in [0.25, 0.3) is 0 Å². The van der Waals surface area contributed by atoms with Crippen molar-refractivity contribution in [2.45, 2.75) is 66.3 Å². The van der Waals surface area contributed by atoms with Crippen molar-refractivity contribution < 1.29 is 0 Å². The molecule has 0 amide bonds. The summed E-state index contributed by atoms with van der Waals surface area (Å²) < 4.78 is 0. The van der Waals surface area contributed by atoms with Gasteiger partial charge in [0.15, 0.2) is 0 Å². The number of nitrogens with one attached hydrogen (secondary N) is 1. The fraction of sp³-hybridized carbons (Fsp3) is 1.00. The predicted octanol–water partition coefficient (Wildman–Crippen LogP) is 3.66. The third-order valence-corrected chi connectivity index (χ3v) is 5.21. The molecule has 1 atom stereocenters. The van der Waals surface area contributed by atoms with Crippen molar-refractivity contribution in [1.29, 1.82) is 0 Å². The molecule has 19 heavy (non-hydrogen) atoms. The van der Waals surface area contributed by atoms with Gasteiger partial charge in [0.2, 0.25) is 0 Å². The first-order valence-corrected chi connectivity index (χ1v) is 8.39. The number of rotatable bonds is 7. The van der Waals surface area contributed by atoms with Crippen molar-refractivity contribution in [1.82, 2.24) is 5.32 Å². The molecule has 1 aliphatic carbocycles. The maximum atomic E-state index is 6.01. The first-order valence-electron chi connectivity index (χ1n) is 8.39. The Morgan fingerprint density at radius 3 is 1.95 bits per heavy atom. The van der Waals surface area contributed by atoms with Crippen LogP contribution in [0.15, 0.2) is 0 Å². The van der Waals surface area contributed by atoms with E-state index < -0.39 is 0 Å². The molecule has 0 aliphatic heterocycles. The van der Waals surface area contributed by atoms with Crippen LogP contribution in [0, 0.1) is 29.6 Å². The number of hydrogen-bond acceptors (Lipinski definition) is 2. The summed E-state index contributed by atoms with van der Waals surface area (Å²) in [5, 5.41) is 3.79. The SMILES string of the molecule is CC1CCC(C(CN)NCC(C(C)C)C(C)C)CC1. The maximum absolute atomic E-state index is 6.01. The monoisotopic (exact) mass is 268 g/mol. The van der Waals surface area contributed by atoms with Gasteiger partial charge in [-0.15, -0.1) is 0 Å². The zero-order valence-corrected chi connectivity index (χ0v) is 13.8. The second-order valence-corrected chi connectivity index (χ2v) is 7.42. The lowest BCUT2D eigenvalue weighted by Crippen LogP contribution is -2.46. The zero-order valence-electron chi connectivity index (χ0n) is 13.8. The van der Waals surface area contributed by atoms with E-state index in [4.69, 9.17) is 5.73 Å². The van der Waals surface area contributed by atoms with E-state index in [1.54, 1.807) is 0 Å². The summed E-state index contributed by atoms with van der Waals surface area (Å²) >= 11 is 0. The third-order valence-electron chi connectivity index (χ3n) is 5.21. The Bertz CT molecular complexity index is 221. The lowest BCUT2D eigenvalue weighted by molar-refractivity contribution is 0.206. The van der Waals surface area contributed by atoms with E-state index in [2.05, 4.69) is 39.9 Å². The topological polar surface area (TPSA) is 38.0 Å². The number of hydrogen-bond donors (Lipinski definition) is 2. The molecule has 0 saturated heterocycles. The van der Waals surface area contributed by atoms with Gasteiger partial charge in [-0.05, 0) is 49.0 Å². The third kappa shape index (κ3) is 5.43. The molecule has 1 rings (SSSR count). The van der Waals surface area contributed by atoms with Gasteiger partial charge in [0, 0.05) is 12.6 Å². The second kappa shape index (κ2) is 8.26. The number of nitrogens with two attached hydrogens (primary N) is 1. The van der Waals surface area contributed by atoms with Gasteiger partial charge in [-0.25, -0.2) is 0 Å². The van der Waals surface area contributed by atoms with Crippen LogP contribution >= 0.6 is 0 Å². The molecule has 0 aromatic rings. The van der Waals surface area contributed by atoms with Gasteiger partial charge in [0.05, 0.1) is 0 Å². The highest BCUT2D eigenvalue weighted by atomic mass is 14.9. The van der Waals surface area contributed by atoms with Gasteiger partial charge < -0.3 is 11.1 Å². The van der Waals surface area contributed by atoms with Crippen molar-refractivity contribution >= 4 is 0 Å². The minimum atomic E-state index is 0.535. The highest BCUT2D eigenvalue weighted by molar-refractivity contribution is 4.83. The van der Waals surface area contributed by atoms with Gasteiger partial charge in [-0.1, -0.05) is 47.5 Å². The van der Waals surface area contributed by atoms with Crippen LogP contribution in [0.4, 0.5) is 0 Å². The lowest BCUT2D eigenvalue weighted by Gasteiger charge is -2.35. The first-order chi connectivity index (χ1) is 8.95. The smallest absolute Gasteiger partial charge is 0.0218 e. The lowest BCUT2D eigenvalue weighted by atomic mass is 9.78. The van der Waals surface area contributed by atoms with E-state index in [1.165, 1.54) is 25.7 Å². The molecule has 1 fully saturated rings. The van der Waals surface area contributed by atoms with Crippen LogP contribution in [-0.2, 0) is 0 Å². The molecule has 1 aliphatic rings. The van der Waals surface area contributed by atoms with Crippen LogP contribution in [0.1, 0.15) is 60.3 Å². The largest absolute Gasteiger partial charge is 0.329 e. The molecule has 114 valence electrons. The first kappa shape index (κ1) is 17.0. The van der Waals surface area contributed by atoms with Gasteiger partial charge in [-0.3, -0.25) is 0 Å². The molecular weight excluding hydrogens is 232 g/mol. The quantitative estimate of drug-likeness (QED) is 0.739. The average Bonchev–Trinajstić information content (AvgIpc) is 2.35. The molecule has 0 aromatic heterocycles. The van der Waals surface area contributed by atoms with Crippen LogP contribution in [-0.4, -0.2) is 19.1 Å². The van der Waals surface area contributed by atoms with Gasteiger partial charge >= 0.3 is 0 Å². The van der Waals surface area contributed by atoms with Crippen molar-refractivity contribution in [2.75, 3.05) is 13.1 Å². The van der Waals surface area contributed by atoms with E-state index in [1.807, 2.05) is 0 Å². The maximum Gasteiger partial charge on any atom is 0.0218 e. The standard InChI is InChI=1S/C17H36N2/c1-12(2)16(13(3)4)11-19-17(10-18)15-8-6-14(5)7-9-15/h12-17,19H,6-11,18H2,1-5H3. The van der Waals surface area contributed by atoms with Crippen molar-refractivity contribution in [3.8, 4) is 0 Å². The minimum absolute atomic E-state index is 0.535. The van der Waals surface area contributed by atoms with Gasteiger partial charge in [-0.2, -0.15) is 0 Å². The molecule has 0 aromatic carbocycles. The summed E-state index contributed by atoms with van der Waals surface area (Å²) in [7, 11) is 0. The molecule has 1 saturated carbocycles. The molecule has 0 heterocycles. The Morgan fingerprint density at radius 1 is 1.00 bits per heavy atom. The van der Waals surface area contributed by atoms with Crippen molar-refractivity contribution in [3.05, 3.63) is 0 Å². The Balaban J connectivity index is 2.43. The van der Waals surface area contributed by atoms with E-state index >= 15 is 0 Å². The fourth-order valence-electron chi connectivity index (χ4n) is 3.66. The van der Waals surface area contributed by atoms with E-state index in [0.717, 1.165) is 42.7 Å². The molecule has 2 nitrogen and oxygen atoms in total. The van der Waals surface area contributed by atoms with Crippen LogP contribution < -0.4 is 11.1 Å². The summed E-state index contributed by atoms with van der Waals surface area (Å²) in [5.74, 6) is 3.99. The normalized spacial score (nSPS) is 26.4. The Kier molecular flexibility index (Phi) is 7.38. The summed E-state index contributed by atoms with van der Waals surface area (Å²) in [6.45, 7) is 13.7. The molecule has 1 unspecified atom stereocenters. The van der Waals surface area contributed by atoms with Crippen LogP contribution in [0.2, 0.25) is 0 Å². The second-order valence-electron chi connectivity index (χ2n) is 7.42. The van der Waals surface area contributed by atoms with Gasteiger partial charge in [0.1, 0.15) is 0 Å². The molecule has 3 N–H and O–H groups in total. The molecular formula is C17H36N2. The summed E-state index contributed by atoms with van der Waals surface area (Å²) in [4.78, 5) is 0.